The first-order valence-electron chi connectivity index (χ1n) is 34.3. The fourth-order valence-corrected chi connectivity index (χ4v) is 16.1. The first kappa shape index (κ1) is 62.0. The molecule has 92 heavy (non-hydrogen) atoms. The second kappa shape index (κ2) is 27.2. The Morgan fingerprint density at radius 1 is 0.565 bits per heavy atom. The fraction of sp³-hybridized carbons (Fsp3) is 0.588. The number of nitrogens with zero attached hydrogens (tertiary/aromatic N) is 12. The summed E-state index contributed by atoms with van der Waals surface area (Å²) in [6, 6.07) is 18.2. The van der Waals surface area contributed by atoms with E-state index < -0.39 is 5.91 Å². The van der Waals surface area contributed by atoms with Crippen molar-refractivity contribution in [1.29, 1.82) is 0 Å². The van der Waals surface area contributed by atoms with Gasteiger partial charge >= 0.3 is 0 Å². The Hall–Kier alpha value is -7.48. The standard InChI is InChI=1S/C68H94N20O4/c1-4-45-38-49(75-64-59(61(69)89)77-57(53-10-24-71-81-53)62(79-64)73-47-16-34-91-35-17-47)6-8-56(45)87-28-14-52(15-29-87)88-42-68(43-88)20-30-84(31-21-68)44-70-66(90)60-65(80-63(74-48-18-36-92-37-19-48)58(78-60)54-11-25-72-82-54)76-50-7-9-55(46(5-2)39-50)86-26-12-51(13-27-86)85-32-22-67(23-33-85)40-83(3)41-67/h6-11,24-25,38-39,47-48,51-52H,4-5,12-23,26-37,40-44H2,1-3H3,(H2,69,89)(H,70,90)(H,71,81)(H,72,82)(H2,73,75,79)(H2,74,76,80). The molecule has 2 aromatic carbocycles. The SMILES string of the molecule is CCc1cc(Nc2nc(NC3CCOCC3)c(-c3cc[nH]n3)nc2C(=O)NCN2CCC3(CC2)CN(C2CCN(c4ccc(Nc5nc(NC6CCOCC6)c(-c6cc[nH]n6)nc5C(N)=O)cc4CC)CC2)C3)ccc1N1CCC(N2CCC3(CC2)CN(C)C3)CC1. The third kappa shape index (κ3) is 13.5. The highest BCUT2D eigenvalue weighted by molar-refractivity contribution is 5.99. The third-order valence-electron chi connectivity index (χ3n) is 21.5. The van der Waals surface area contributed by atoms with Gasteiger partial charge in [-0.05, 0) is 181 Å². The molecule has 8 saturated heterocycles. The van der Waals surface area contributed by atoms with Gasteiger partial charge in [0.15, 0.2) is 34.7 Å². The molecule has 24 heteroatoms. The molecule has 4 aromatic heterocycles. The van der Waals surface area contributed by atoms with Crippen LogP contribution in [0.5, 0.6) is 0 Å². The summed E-state index contributed by atoms with van der Waals surface area (Å²) in [7, 11) is 2.26. The maximum atomic E-state index is 14.7. The molecular weight excluding hydrogens is 1160 g/mol. The lowest BCUT2D eigenvalue weighted by Crippen LogP contribution is -2.64. The summed E-state index contributed by atoms with van der Waals surface area (Å²) in [5.41, 5.74) is 16.0. The van der Waals surface area contributed by atoms with E-state index in [0.29, 0.717) is 102 Å². The number of aryl methyl sites for hydroxylation is 2. The molecule has 14 rings (SSSR count). The second-order valence-electron chi connectivity index (χ2n) is 27.6. The van der Waals surface area contributed by atoms with Gasteiger partial charge in [-0.25, -0.2) is 19.9 Å². The molecule has 0 saturated carbocycles. The Morgan fingerprint density at radius 2 is 1.03 bits per heavy atom. The van der Waals surface area contributed by atoms with Crippen LogP contribution >= 0.6 is 0 Å². The average Bonchev–Trinajstić information content (AvgIpc) is 0.859. The molecule has 8 aliphatic rings. The van der Waals surface area contributed by atoms with E-state index in [0.717, 1.165) is 128 Å². The molecule has 2 amide bonds. The van der Waals surface area contributed by atoms with E-state index in [2.05, 4.69) is 134 Å². The lowest BCUT2D eigenvalue weighted by molar-refractivity contribution is -0.0739. The number of ether oxygens (including phenoxy) is 2. The van der Waals surface area contributed by atoms with Crippen LogP contribution in [0.4, 0.5) is 46.0 Å². The van der Waals surface area contributed by atoms with Crippen molar-refractivity contribution < 1.29 is 19.1 Å². The van der Waals surface area contributed by atoms with Crippen molar-refractivity contribution in [1.82, 2.24) is 65.2 Å². The first-order chi connectivity index (χ1) is 44.9. The maximum absolute atomic E-state index is 14.7. The number of carbonyl (C=O) groups is 2. The Bertz CT molecular complexity index is 3490. The van der Waals surface area contributed by atoms with Crippen molar-refractivity contribution in [2.75, 3.05) is 150 Å². The zero-order chi connectivity index (χ0) is 62.8. The van der Waals surface area contributed by atoms with Gasteiger partial charge in [0.25, 0.3) is 11.8 Å². The number of aromatic amines is 2. The van der Waals surface area contributed by atoms with Gasteiger partial charge in [0.05, 0.1) is 6.67 Å². The number of carbonyl (C=O) groups excluding carboxylic acids is 2. The lowest BCUT2D eigenvalue weighted by Gasteiger charge is -2.57. The Balaban J connectivity index is 0.589. The van der Waals surface area contributed by atoms with Crippen LogP contribution in [0.25, 0.3) is 22.8 Å². The zero-order valence-corrected chi connectivity index (χ0v) is 54.1. The minimum atomic E-state index is -0.674. The second-order valence-corrected chi connectivity index (χ2v) is 27.6. The Kier molecular flexibility index (Phi) is 18.3. The molecule has 9 N–H and O–H groups in total. The number of nitrogens with two attached hydrogens (primary N) is 1. The first-order valence-corrected chi connectivity index (χ1v) is 34.3. The molecule has 0 aliphatic carbocycles. The number of piperidine rings is 4. The monoisotopic (exact) mass is 1250 g/mol. The summed E-state index contributed by atoms with van der Waals surface area (Å²) in [5.74, 6) is 0.885. The highest BCUT2D eigenvalue weighted by Crippen LogP contribution is 2.45. The van der Waals surface area contributed by atoms with E-state index in [1.807, 2.05) is 6.07 Å². The molecule has 2 spiro atoms. The summed E-state index contributed by atoms with van der Waals surface area (Å²) in [4.78, 5) is 63.1. The van der Waals surface area contributed by atoms with Gasteiger partial charge < -0.3 is 61.4 Å². The number of aromatic nitrogens is 8. The number of benzene rings is 2. The molecule has 0 radical (unpaired) electrons. The van der Waals surface area contributed by atoms with Gasteiger partial charge in [-0.15, -0.1) is 0 Å². The van der Waals surface area contributed by atoms with Gasteiger partial charge in [-0.3, -0.25) is 29.6 Å². The molecule has 8 aliphatic heterocycles. The van der Waals surface area contributed by atoms with Gasteiger partial charge in [0.2, 0.25) is 0 Å². The van der Waals surface area contributed by atoms with Crippen molar-refractivity contribution in [2.45, 2.75) is 128 Å². The van der Waals surface area contributed by atoms with Gasteiger partial charge in [0, 0.05) is 151 Å². The minimum Gasteiger partial charge on any atom is -0.381 e. The predicted molar refractivity (Wildman–Crippen MR) is 359 cm³/mol. The largest absolute Gasteiger partial charge is 0.381 e. The summed E-state index contributed by atoms with van der Waals surface area (Å²) in [6.07, 6.45) is 18.0. The summed E-state index contributed by atoms with van der Waals surface area (Å²) in [5, 5.41) is 32.2. The van der Waals surface area contributed by atoms with E-state index in [1.165, 1.54) is 74.4 Å². The number of rotatable bonds is 20. The molecule has 6 aromatic rings. The molecule has 0 unspecified atom stereocenters. The summed E-state index contributed by atoms with van der Waals surface area (Å²) in [6.45, 7) is 20.7. The van der Waals surface area contributed by atoms with Crippen LogP contribution in [0.2, 0.25) is 0 Å². The molecule has 8 fully saturated rings. The number of amides is 2. The minimum absolute atomic E-state index is 0.0497. The topological polar surface area (TPSA) is 267 Å². The molecule has 0 bridgehead atoms. The van der Waals surface area contributed by atoms with Gasteiger partial charge in [-0.1, -0.05) is 13.8 Å². The summed E-state index contributed by atoms with van der Waals surface area (Å²) < 4.78 is 11.3. The number of primary amides is 1. The highest BCUT2D eigenvalue weighted by atomic mass is 16.5. The third-order valence-corrected chi connectivity index (χ3v) is 21.5. The predicted octanol–water partition coefficient (Wildman–Crippen LogP) is 7.69. The quantitative estimate of drug-likeness (QED) is 0.0364. The Morgan fingerprint density at radius 3 is 1.50 bits per heavy atom. The number of hydrogen-bond acceptors (Lipinski definition) is 20. The summed E-state index contributed by atoms with van der Waals surface area (Å²) >= 11 is 0. The van der Waals surface area contributed by atoms with E-state index in [1.54, 1.807) is 18.5 Å². The van der Waals surface area contributed by atoms with E-state index >= 15 is 0 Å². The maximum Gasteiger partial charge on any atom is 0.274 e. The number of anilines is 8. The molecule has 0 atom stereocenters. The fourth-order valence-electron chi connectivity index (χ4n) is 16.1. The average molecular weight is 1260 g/mol. The van der Waals surface area contributed by atoms with Crippen LogP contribution in [0.15, 0.2) is 60.9 Å². The van der Waals surface area contributed by atoms with Crippen molar-refractivity contribution in [3.05, 3.63) is 83.4 Å². The van der Waals surface area contributed by atoms with E-state index in [4.69, 9.17) is 35.1 Å². The van der Waals surface area contributed by atoms with Crippen LogP contribution in [0.3, 0.4) is 0 Å². The number of nitrogens with one attached hydrogen (secondary N) is 7. The molecule has 12 heterocycles. The van der Waals surface area contributed by atoms with Crippen LogP contribution in [0, 0.1) is 10.8 Å². The van der Waals surface area contributed by atoms with Crippen molar-refractivity contribution in [2.24, 2.45) is 16.6 Å². The van der Waals surface area contributed by atoms with Crippen LogP contribution in [-0.2, 0) is 22.3 Å². The number of H-pyrrole nitrogens is 2. The molecular formula is C68H94N20O4. The van der Waals surface area contributed by atoms with E-state index in [9.17, 15) is 9.59 Å². The van der Waals surface area contributed by atoms with Crippen molar-refractivity contribution >= 4 is 57.8 Å². The van der Waals surface area contributed by atoms with E-state index in [-0.39, 0.29) is 29.4 Å². The van der Waals surface area contributed by atoms with Crippen molar-refractivity contribution in [3.8, 4) is 22.8 Å². The smallest absolute Gasteiger partial charge is 0.274 e. The van der Waals surface area contributed by atoms with Gasteiger partial charge in [-0.2, -0.15) is 10.2 Å². The molecule has 490 valence electrons. The normalized spacial score (nSPS) is 21.5. The van der Waals surface area contributed by atoms with Crippen LogP contribution in [0.1, 0.15) is 123 Å². The van der Waals surface area contributed by atoms with Crippen LogP contribution < -0.4 is 42.1 Å². The van der Waals surface area contributed by atoms with Gasteiger partial charge in [0.1, 0.15) is 22.8 Å². The molecule has 24 nitrogen and oxygen atoms in total. The number of hydrogen-bond donors (Lipinski definition) is 8. The van der Waals surface area contributed by atoms with Crippen molar-refractivity contribution in [3.63, 3.8) is 0 Å². The lowest BCUT2D eigenvalue weighted by atomic mass is 9.71. The zero-order valence-electron chi connectivity index (χ0n) is 54.1. The van der Waals surface area contributed by atoms with Crippen LogP contribution in [-0.4, -0.2) is 215 Å². The Labute approximate surface area is 540 Å². The highest BCUT2D eigenvalue weighted by Gasteiger charge is 2.48. The number of likely N-dealkylation sites (tertiary alicyclic amines) is 4.